The third-order valence-electron chi connectivity index (χ3n) is 6.69. The Morgan fingerprint density at radius 1 is 1.11 bits per heavy atom. The molecule has 5 rings (SSSR count). The summed E-state index contributed by atoms with van der Waals surface area (Å²) in [5, 5.41) is 3.71. The van der Waals surface area contributed by atoms with Crippen molar-refractivity contribution in [3.8, 4) is 0 Å². The number of furan rings is 1. The Kier molecular flexibility index (Phi) is 5.78. The van der Waals surface area contributed by atoms with Crippen LogP contribution in [0.3, 0.4) is 0 Å². The van der Waals surface area contributed by atoms with Crippen molar-refractivity contribution in [1.29, 1.82) is 0 Å². The van der Waals surface area contributed by atoms with E-state index in [1.165, 1.54) is 19.2 Å². The fraction of sp³-hybridized carbons (Fsp3) is 0.308. The van der Waals surface area contributed by atoms with Crippen molar-refractivity contribution in [3.63, 3.8) is 0 Å². The summed E-state index contributed by atoms with van der Waals surface area (Å²) < 4.78 is 49.5. The number of esters is 1. The number of benzene rings is 2. The molecule has 0 unspecified atom stereocenters. The van der Waals surface area contributed by atoms with E-state index in [4.69, 9.17) is 9.15 Å². The number of para-hydroxylation sites is 1. The molecule has 2 aromatic carbocycles. The quantitative estimate of drug-likeness (QED) is 0.495. The van der Waals surface area contributed by atoms with E-state index in [0.29, 0.717) is 41.7 Å². The molecule has 2 bridgehead atoms. The van der Waals surface area contributed by atoms with Crippen molar-refractivity contribution in [2.24, 2.45) is 0 Å². The van der Waals surface area contributed by atoms with Crippen molar-refractivity contribution in [2.45, 2.75) is 44.1 Å². The first-order chi connectivity index (χ1) is 16.8. The third kappa shape index (κ3) is 4.26. The lowest BCUT2D eigenvalue weighted by Gasteiger charge is -2.36. The van der Waals surface area contributed by atoms with Gasteiger partial charge in [-0.1, -0.05) is 30.3 Å². The van der Waals surface area contributed by atoms with Gasteiger partial charge in [-0.15, -0.1) is 0 Å². The topological polar surface area (TPSA) is 71.8 Å². The molecular formula is C26H23F3N2O4. The highest BCUT2D eigenvalue weighted by molar-refractivity contribution is 6.01. The molecule has 1 N–H and O–H groups in total. The van der Waals surface area contributed by atoms with Gasteiger partial charge in [-0.05, 0) is 49.1 Å². The minimum Gasteiger partial charge on any atom is -0.466 e. The van der Waals surface area contributed by atoms with Gasteiger partial charge in [0.1, 0.15) is 11.3 Å². The summed E-state index contributed by atoms with van der Waals surface area (Å²) in [6.45, 7) is 0.0701. The van der Waals surface area contributed by atoms with Gasteiger partial charge in [0.2, 0.25) is 0 Å². The second-order valence-electron chi connectivity index (χ2n) is 8.74. The number of nitrogens with one attached hydrogen (secondary N) is 1. The molecule has 2 aliphatic heterocycles. The highest BCUT2D eigenvalue weighted by Crippen LogP contribution is 2.44. The van der Waals surface area contributed by atoms with Crippen LogP contribution in [0, 0.1) is 0 Å². The van der Waals surface area contributed by atoms with E-state index in [0.717, 1.165) is 23.1 Å². The summed E-state index contributed by atoms with van der Waals surface area (Å²) in [5.41, 5.74) is 1.66. The summed E-state index contributed by atoms with van der Waals surface area (Å²) in [5.74, 6) is 0.0830. The molecule has 1 aromatic heterocycles. The maximum Gasteiger partial charge on any atom is 0.416 e. The van der Waals surface area contributed by atoms with Gasteiger partial charge in [-0.3, -0.25) is 0 Å². The number of halogens is 3. The molecule has 0 radical (unpaired) electrons. The average molecular weight is 484 g/mol. The highest BCUT2D eigenvalue weighted by Gasteiger charge is 2.47. The number of carbonyl (C=O) groups is 2. The summed E-state index contributed by atoms with van der Waals surface area (Å²) in [4.78, 5) is 27.6. The first kappa shape index (κ1) is 23.0. The Morgan fingerprint density at radius 3 is 2.54 bits per heavy atom. The number of carbonyl (C=O) groups excluding carboxylic acids is 2. The Hall–Kier alpha value is -3.75. The normalized spacial score (nSPS) is 19.8. The number of amides is 2. The predicted octanol–water partition coefficient (Wildman–Crippen LogP) is 5.52. The number of ether oxygens (including phenoxy) is 1. The van der Waals surface area contributed by atoms with Gasteiger partial charge >= 0.3 is 18.2 Å². The zero-order chi connectivity index (χ0) is 24.7. The van der Waals surface area contributed by atoms with Gasteiger partial charge in [0.15, 0.2) is 0 Å². The number of alkyl halides is 3. The molecular weight excluding hydrogens is 461 g/mol. The zero-order valence-electron chi connectivity index (χ0n) is 18.9. The van der Waals surface area contributed by atoms with Crippen molar-refractivity contribution in [2.75, 3.05) is 7.11 Å². The minimum atomic E-state index is -4.41. The van der Waals surface area contributed by atoms with Crippen molar-refractivity contribution >= 4 is 28.5 Å². The standard InChI is InChI=1S/C26H23F3N2O4/c1-34-24(32)23-19(22-12-16-4-2-3-5-21(16)35-22)13-18-10-11-20(23)31(18)25(33)30-14-15-6-8-17(9-7-15)26(27,28)29/h2-9,12,18,20H,10-11,13-14H2,1H3,(H,30,33)/t18-,20+/m0/s1. The number of fused-ring (bicyclic) bond motifs is 3. The van der Waals surface area contributed by atoms with E-state index in [1.807, 2.05) is 30.3 Å². The van der Waals surface area contributed by atoms with E-state index in [2.05, 4.69) is 5.32 Å². The molecule has 3 heterocycles. The van der Waals surface area contributed by atoms with E-state index < -0.39 is 23.8 Å². The van der Waals surface area contributed by atoms with Crippen LogP contribution in [0.2, 0.25) is 0 Å². The molecule has 2 atom stereocenters. The van der Waals surface area contributed by atoms with E-state index >= 15 is 0 Å². The second kappa shape index (κ2) is 8.79. The molecule has 2 aliphatic rings. The van der Waals surface area contributed by atoms with Gasteiger partial charge in [0.05, 0.1) is 24.3 Å². The van der Waals surface area contributed by atoms with Crippen LogP contribution in [0.25, 0.3) is 16.5 Å². The van der Waals surface area contributed by atoms with Gasteiger partial charge in [0.25, 0.3) is 0 Å². The summed E-state index contributed by atoms with van der Waals surface area (Å²) in [6.07, 6.45) is -2.66. The fourth-order valence-corrected chi connectivity index (χ4v) is 5.03. The molecule has 35 heavy (non-hydrogen) atoms. The lowest BCUT2D eigenvalue weighted by atomic mass is 9.91. The maximum atomic E-state index is 13.1. The van der Waals surface area contributed by atoms with Crippen molar-refractivity contribution < 1.29 is 31.9 Å². The number of urea groups is 1. The Balaban J connectivity index is 1.39. The zero-order valence-corrected chi connectivity index (χ0v) is 18.9. The van der Waals surface area contributed by atoms with Gasteiger partial charge in [-0.25, -0.2) is 9.59 Å². The monoisotopic (exact) mass is 484 g/mol. The number of rotatable bonds is 4. The summed E-state index contributed by atoms with van der Waals surface area (Å²) in [7, 11) is 1.31. The third-order valence-corrected chi connectivity index (χ3v) is 6.69. The summed E-state index contributed by atoms with van der Waals surface area (Å²) in [6, 6.07) is 13.1. The highest BCUT2D eigenvalue weighted by atomic mass is 19.4. The van der Waals surface area contributed by atoms with E-state index in [-0.39, 0.29) is 18.6 Å². The van der Waals surface area contributed by atoms with E-state index in [9.17, 15) is 22.8 Å². The number of hydrogen-bond donors (Lipinski definition) is 1. The molecule has 6 nitrogen and oxygen atoms in total. The van der Waals surface area contributed by atoms with Gasteiger partial charge in [-0.2, -0.15) is 13.2 Å². The first-order valence-corrected chi connectivity index (χ1v) is 11.3. The van der Waals surface area contributed by atoms with Crippen LogP contribution in [0.15, 0.2) is 64.6 Å². The van der Waals surface area contributed by atoms with Crippen LogP contribution < -0.4 is 5.32 Å². The second-order valence-corrected chi connectivity index (χ2v) is 8.74. The first-order valence-electron chi connectivity index (χ1n) is 11.3. The maximum absolute atomic E-state index is 13.1. The van der Waals surface area contributed by atoms with Crippen LogP contribution in [-0.4, -0.2) is 36.1 Å². The number of methoxy groups -OCH3 is 1. The Morgan fingerprint density at radius 2 is 1.86 bits per heavy atom. The Labute approximate surface area is 199 Å². The van der Waals surface area contributed by atoms with Crippen LogP contribution in [0.4, 0.5) is 18.0 Å². The van der Waals surface area contributed by atoms with E-state index in [1.54, 1.807) is 4.90 Å². The molecule has 2 amide bonds. The number of nitrogens with zero attached hydrogens (tertiary/aromatic N) is 1. The smallest absolute Gasteiger partial charge is 0.416 e. The molecule has 0 spiro atoms. The molecule has 9 heteroatoms. The molecule has 182 valence electrons. The lowest BCUT2D eigenvalue weighted by Crippen LogP contribution is -2.50. The lowest BCUT2D eigenvalue weighted by molar-refractivity contribution is -0.138. The summed E-state index contributed by atoms with van der Waals surface area (Å²) >= 11 is 0. The Bertz CT molecular complexity index is 1280. The van der Waals surface area contributed by atoms with Gasteiger partial charge < -0.3 is 19.4 Å². The average Bonchev–Trinajstić information content (AvgIpc) is 3.41. The molecule has 0 saturated carbocycles. The predicted molar refractivity (Wildman–Crippen MR) is 122 cm³/mol. The molecule has 1 saturated heterocycles. The van der Waals surface area contributed by atoms with Crippen molar-refractivity contribution in [3.05, 3.63) is 77.1 Å². The number of hydrogen-bond acceptors (Lipinski definition) is 4. The van der Waals surface area contributed by atoms with Crippen LogP contribution >= 0.6 is 0 Å². The van der Waals surface area contributed by atoms with Crippen LogP contribution in [0.1, 0.15) is 36.1 Å². The molecule has 1 fully saturated rings. The van der Waals surface area contributed by atoms with Crippen molar-refractivity contribution in [1.82, 2.24) is 10.2 Å². The molecule has 0 aliphatic carbocycles. The SMILES string of the molecule is COC(=O)C1=C(c2cc3ccccc3o2)C[C@@H]2CC[C@H]1N2C(=O)NCc1ccc(C(F)(F)F)cc1. The van der Waals surface area contributed by atoms with Crippen LogP contribution in [0.5, 0.6) is 0 Å². The minimum absolute atomic E-state index is 0.0701. The van der Waals surface area contributed by atoms with Crippen LogP contribution in [-0.2, 0) is 22.3 Å². The molecule has 3 aromatic rings. The fourth-order valence-electron chi connectivity index (χ4n) is 5.03. The van der Waals surface area contributed by atoms with Gasteiger partial charge in [0, 0.05) is 23.5 Å². The largest absolute Gasteiger partial charge is 0.466 e.